The Bertz CT molecular complexity index is 1040. The molecule has 1 fully saturated rings. The van der Waals surface area contributed by atoms with Crippen LogP contribution in [0.2, 0.25) is 5.02 Å². The lowest BCUT2D eigenvalue weighted by Gasteiger charge is -2.30. The predicted molar refractivity (Wildman–Crippen MR) is 128 cm³/mol. The Kier molecular flexibility index (Phi) is 8.33. The molecule has 0 saturated carbocycles. The van der Waals surface area contributed by atoms with Crippen molar-refractivity contribution in [1.29, 1.82) is 0 Å². The standard InChI is InChI=1S/C24H32ClN3O3S/c1-17(2)27-32(30,31)21-10-11-23(25)22(13-21)24(29)26-14-19-6-8-20(9-7-19)16-28-12-4-5-18(3)15-28/h6-11,13,17-18,27H,4-5,12,14-16H2,1-3H3,(H,26,29). The lowest BCUT2D eigenvalue weighted by Crippen LogP contribution is -2.33. The molecule has 8 heteroatoms. The van der Waals surface area contributed by atoms with E-state index in [1.807, 2.05) is 12.1 Å². The molecule has 1 aliphatic heterocycles. The van der Waals surface area contributed by atoms with Crippen LogP contribution in [0.1, 0.15) is 55.1 Å². The van der Waals surface area contributed by atoms with E-state index < -0.39 is 15.9 Å². The summed E-state index contributed by atoms with van der Waals surface area (Å²) in [6.45, 7) is 9.33. The second-order valence-corrected chi connectivity index (χ2v) is 11.0. The molecule has 6 nitrogen and oxygen atoms in total. The van der Waals surface area contributed by atoms with Crippen molar-refractivity contribution in [3.05, 3.63) is 64.2 Å². The summed E-state index contributed by atoms with van der Waals surface area (Å²) >= 11 is 6.17. The number of hydrogen-bond donors (Lipinski definition) is 2. The van der Waals surface area contributed by atoms with Gasteiger partial charge in [-0.05, 0) is 68.5 Å². The first-order chi connectivity index (χ1) is 15.1. The van der Waals surface area contributed by atoms with Gasteiger partial charge in [-0.15, -0.1) is 0 Å². The van der Waals surface area contributed by atoms with Crippen LogP contribution in [0.15, 0.2) is 47.4 Å². The fourth-order valence-corrected chi connectivity index (χ4v) is 5.43. The van der Waals surface area contributed by atoms with Crippen molar-refractivity contribution in [3.8, 4) is 0 Å². The molecular formula is C24H32ClN3O3S. The van der Waals surface area contributed by atoms with Gasteiger partial charge in [-0.2, -0.15) is 0 Å². The van der Waals surface area contributed by atoms with Gasteiger partial charge < -0.3 is 5.32 Å². The van der Waals surface area contributed by atoms with Crippen molar-refractivity contribution in [1.82, 2.24) is 14.9 Å². The van der Waals surface area contributed by atoms with E-state index in [1.54, 1.807) is 13.8 Å². The topological polar surface area (TPSA) is 78.5 Å². The molecule has 0 aliphatic carbocycles. The maximum atomic E-state index is 12.7. The molecule has 174 valence electrons. The minimum Gasteiger partial charge on any atom is -0.348 e. The second kappa shape index (κ2) is 10.8. The zero-order chi connectivity index (χ0) is 23.3. The number of carbonyl (C=O) groups is 1. The number of likely N-dealkylation sites (tertiary alicyclic amines) is 1. The molecule has 32 heavy (non-hydrogen) atoms. The van der Waals surface area contributed by atoms with Gasteiger partial charge in [0.1, 0.15) is 0 Å². The first kappa shape index (κ1) is 24.7. The van der Waals surface area contributed by atoms with Crippen molar-refractivity contribution in [3.63, 3.8) is 0 Å². The van der Waals surface area contributed by atoms with Crippen LogP contribution in [0, 0.1) is 5.92 Å². The van der Waals surface area contributed by atoms with E-state index >= 15 is 0 Å². The van der Waals surface area contributed by atoms with E-state index in [9.17, 15) is 13.2 Å². The summed E-state index contributed by atoms with van der Waals surface area (Å²) in [6, 6.07) is 12.1. The smallest absolute Gasteiger partial charge is 0.253 e. The molecule has 1 atom stereocenters. The van der Waals surface area contributed by atoms with E-state index in [0.29, 0.717) is 6.54 Å². The molecule has 0 radical (unpaired) electrons. The van der Waals surface area contributed by atoms with Crippen molar-refractivity contribution >= 4 is 27.5 Å². The Labute approximate surface area is 196 Å². The van der Waals surface area contributed by atoms with Crippen LogP contribution in [0.25, 0.3) is 0 Å². The Hall–Kier alpha value is -1.93. The number of benzene rings is 2. The van der Waals surface area contributed by atoms with Gasteiger partial charge in [0.25, 0.3) is 5.91 Å². The molecule has 0 spiro atoms. The summed E-state index contributed by atoms with van der Waals surface area (Å²) in [6.07, 6.45) is 2.56. The zero-order valence-corrected chi connectivity index (χ0v) is 20.5. The van der Waals surface area contributed by atoms with Crippen LogP contribution in [0.4, 0.5) is 0 Å². The first-order valence-corrected chi connectivity index (χ1v) is 12.9. The van der Waals surface area contributed by atoms with E-state index in [4.69, 9.17) is 11.6 Å². The minimum absolute atomic E-state index is 0.0112. The normalized spacial score (nSPS) is 17.5. The molecule has 3 rings (SSSR count). The highest BCUT2D eigenvalue weighted by molar-refractivity contribution is 7.89. The number of halogens is 1. The molecule has 0 bridgehead atoms. The fourth-order valence-electron chi connectivity index (χ4n) is 3.95. The zero-order valence-electron chi connectivity index (χ0n) is 18.9. The summed E-state index contributed by atoms with van der Waals surface area (Å²) < 4.78 is 27.3. The summed E-state index contributed by atoms with van der Waals surface area (Å²) in [5, 5.41) is 3.04. The number of piperidine rings is 1. The average molecular weight is 478 g/mol. The van der Waals surface area contributed by atoms with Crippen LogP contribution in [-0.2, 0) is 23.1 Å². The second-order valence-electron chi connectivity index (χ2n) is 8.90. The van der Waals surface area contributed by atoms with Crippen LogP contribution >= 0.6 is 11.6 Å². The molecule has 1 heterocycles. The highest BCUT2D eigenvalue weighted by atomic mass is 35.5. The molecular weight excluding hydrogens is 446 g/mol. The number of nitrogens with zero attached hydrogens (tertiary/aromatic N) is 1. The Morgan fingerprint density at radius 3 is 2.50 bits per heavy atom. The average Bonchev–Trinajstić information content (AvgIpc) is 2.72. The molecule has 1 unspecified atom stereocenters. The number of nitrogens with one attached hydrogen (secondary N) is 2. The van der Waals surface area contributed by atoms with Gasteiger partial charge in [-0.3, -0.25) is 9.69 Å². The Balaban J connectivity index is 1.61. The molecule has 0 aromatic heterocycles. The molecule has 2 N–H and O–H groups in total. The van der Waals surface area contributed by atoms with Gasteiger partial charge in [0.2, 0.25) is 10.0 Å². The summed E-state index contributed by atoms with van der Waals surface area (Å²) in [7, 11) is -3.71. The van der Waals surface area contributed by atoms with Crippen LogP contribution < -0.4 is 10.0 Å². The largest absolute Gasteiger partial charge is 0.348 e. The lowest BCUT2D eigenvalue weighted by atomic mass is 9.99. The first-order valence-electron chi connectivity index (χ1n) is 11.0. The molecule has 1 aliphatic rings. The maximum Gasteiger partial charge on any atom is 0.253 e. The summed E-state index contributed by atoms with van der Waals surface area (Å²) in [5.41, 5.74) is 2.36. The summed E-state index contributed by atoms with van der Waals surface area (Å²) in [5.74, 6) is 0.336. The lowest BCUT2D eigenvalue weighted by molar-refractivity contribution is 0.0951. The Morgan fingerprint density at radius 1 is 1.16 bits per heavy atom. The van der Waals surface area contributed by atoms with Crippen molar-refractivity contribution in [2.24, 2.45) is 5.92 Å². The molecule has 1 saturated heterocycles. The highest BCUT2D eigenvalue weighted by Gasteiger charge is 2.20. The summed E-state index contributed by atoms with van der Waals surface area (Å²) in [4.78, 5) is 15.2. The number of amides is 1. The third-order valence-corrected chi connectivity index (χ3v) is 7.49. The number of rotatable bonds is 8. The van der Waals surface area contributed by atoms with Gasteiger partial charge in [-0.1, -0.05) is 42.8 Å². The van der Waals surface area contributed by atoms with E-state index in [2.05, 4.69) is 34.0 Å². The Morgan fingerprint density at radius 2 is 1.84 bits per heavy atom. The molecule has 2 aromatic carbocycles. The van der Waals surface area contributed by atoms with Gasteiger partial charge in [0.15, 0.2) is 0 Å². The number of sulfonamides is 1. The van der Waals surface area contributed by atoms with Crippen LogP contribution in [-0.4, -0.2) is 38.4 Å². The maximum absolute atomic E-state index is 12.7. The van der Waals surface area contributed by atoms with E-state index in [1.165, 1.54) is 36.6 Å². The fraction of sp³-hybridized carbons (Fsp3) is 0.458. The molecule has 1 amide bonds. The van der Waals surface area contributed by atoms with Crippen molar-refractivity contribution in [2.45, 2.75) is 57.6 Å². The monoisotopic (exact) mass is 477 g/mol. The van der Waals surface area contributed by atoms with Crippen molar-refractivity contribution < 1.29 is 13.2 Å². The minimum atomic E-state index is -3.71. The van der Waals surface area contributed by atoms with E-state index in [0.717, 1.165) is 31.1 Å². The number of hydrogen-bond acceptors (Lipinski definition) is 4. The SMILES string of the molecule is CC1CCCN(Cc2ccc(CNC(=O)c3cc(S(=O)(=O)NC(C)C)ccc3Cl)cc2)C1. The van der Waals surface area contributed by atoms with Gasteiger partial charge in [0, 0.05) is 25.7 Å². The van der Waals surface area contributed by atoms with Gasteiger partial charge in [-0.25, -0.2) is 13.1 Å². The van der Waals surface area contributed by atoms with Crippen LogP contribution in [0.5, 0.6) is 0 Å². The highest BCUT2D eigenvalue weighted by Crippen LogP contribution is 2.21. The number of carbonyl (C=O) groups excluding carboxylic acids is 1. The quantitative estimate of drug-likeness (QED) is 0.597. The van der Waals surface area contributed by atoms with Gasteiger partial charge in [0.05, 0.1) is 15.5 Å². The predicted octanol–water partition coefficient (Wildman–Crippen LogP) is 4.19. The van der Waals surface area contributed by atoms with Crippen LogP contribution in [0.3, 0.4) is 0 Å². The van der Waals surface area contributed by atoms with Gasteiger partial charge >= 0.3 is 0 Å². The van der Waals surface area contributed by atoms with Crippen molar-refractivity contribution in [2.75, 3.05) is 13.1 Å². The third kappa shape index (κ3) is 6.78. The van der Waals surface area contributed by atoms with E-state index in [-0.39, 0.29) is 21.5 Å². The molecule has 2 aromatic rings. The third-order valence-electron chi connectivity index (χ3n) is 5.51.